The van der Waals surface area contributed by atoms with Crippen LogP contribution < -0.4 is 15.0 Å². The Hall–Kier alpha value is -1.59. The smallest absolute Gasteiger partial charge is 0.278 e. The maximum absolute atomic E-state index is 12.1. The largest absolute Gasteiger partial charge is 0.497 e. The fraction of sp³-hybridized carbons (Fsp3) is 0.562. The van der Waals surface area contributed by atoms with Crippen LogP contribution >= 0.6 is 0 Å². The van der Waals surface area contributed by atoms with Gasteiger partial charge >= 0.3 is 0 Å². The van der Waals surface area contributed by atoms with E-state index in [1.165, 1.54) is 10.5 Å². The summed E-state index contributed by atoms with van der Waals surface area (Å²) in [5.74, 6) is 0.979. The molecule has 0 radical (unpaired) electrons. The van der Waals surface area contributed by atoms with Crippen LogP contribution in [0.4, 0.5) is 0 Å². The summed E-state index contributed by atoms with van der Waals surface area (Å²) < 4.78 is 10.5. The van der Waals surface area contributed by atoms with E-state index in [0.29, 0.717) is 6.54 Å². The van der Waals surface area contributed by atoms with E-state index in [1.54, 1.807) is 7.11 Å². The van der Waals surface area contributed by atoms with Crippen LogP contribution in [-0.4, -0.2) is 51.9 Å². The fourth-order valence-electron chi connectivity index (χ4n) is 2.53. The highest BCUT2D eigenvalue weighted by molar-refractivity contribution is 5.79. The summed E-state index contributed by atoms with van der Waals surface area (Å²) in [7, 11) is 1.66. The van der Waals surface area contributed by atoms with Crippen LogP contribution in [0.2, 0.25) is 0 Å². The van der Waals surface area contributed by atoms with Crippen molar-refractivity contribution >= 4 is 5.91 Å². The molecule has 0 spiro atoms. The number of carbonyl (C=O) groups is 1. The van der Waals surface area contributed by atoms with Gasteiger partial charge in [-0.3, -0.25) is 4.79 Å². The number of nitrogens with one attached hydrogen (secondary N) is 2. The molecule has 5 nitrogen and oxygen atoms in total. The molecule has 1 heterocycles. The molecule has 1 fully saturated rings. The van der Waals surface area contributed by atoms with Crippen molar-refractivity contribution in [1.29, 1.82) is 0 Å². The zero-order valence-corrected chi connectivity index (χ0v) is 12.9. The van der Waals surface area contributed by atoms with E-state index in [9.17, 15) is 4.79 Å². The summed E-state index contributed by atoms with van der Waals surface area (Å²) in [5, 5.41) is 3.02. The molecule has 1 aliphatic rings. The van der Waals surface area contributed by atoms with Gasteiger partial charge in [0.1, 0.15) is 18.8 Å². The molecule has 1 atom stereocenters. The van der Waals surface area contributed by atoms with Crippen LogP contribution in [0.5, 0.6) is 5.75 Å². The Labute approximate surface area is 126 Å². The zero-order chi connectivity index (χ0) is 15.1. The molecule has 2 N–H and O–H groups in total. The lowest BCUT2D eigenvalue weighted by molar-refractivity contribution is -0.921. The van der Waals surface area contributed by atoms with Crippen LogP contribution in [0.1, 0.15) is 12.5 Å². The van der Waals surface area contributed by atoms with Gasteiger partial charge in [0.2, 0.25) is 0 Å². The second-order valence-electron chi connectivity index (χ2n) is 5.38. The quantitative estimate of drug-likeness (QED) is 0.754. The Morgan fingerprint density at radius 3 is 2.62 bits per heavy atom. The van der Waals surface area contributed by atoms with Gasteiger partial charge in [-0.2, -0.15) is 0 Å². The predicted molar refractivity (Wildman–Crippen MR) is 80.7 cm³/mol. The number of amides is 1. The molecule has 1 aromatic carbocycles. The highest BCUT2D eigenvalue weighted by Crippen LogP contribution is 2.11. The summed E-state index contributed by atoms with van der Waals surface area (Å²) in [5.41, 5.74) is 1.20. The monoisotopic (exact) mass is 293 g/mol. The summed E-state index contributed by atoms with van der Waals surface area (Å²) in [4.78, 5) is 13.4. The first-order chi connectivity index (χ1) is 10.2. The molecule has 5 heteroatoms. The van der Waals surface area contributed by atoms with Gasteiger partial charge in [0, 0.05) is 6.54 Å². The van der Waals surface area contributed by atoms with E-state index in [-0.39, 0.29) is 11.9 Å². The van der Waals surface area contributed by atoms with Crippen molar-refractivity contribution in [2.75, 3.05) is 40.0 Å². The third-order valence-electron chi connectivity index (χ3n) is 4.01. The molecule has 0 saturated carbocycles. The van der Waals surface area contributed by atoms with E-state index in [1.807, 2.05) is 31.2 Å². The topological polar surface area (TPSA) is 52.0 Å². The number of ether oxygens (including phenoxy) is 2. The van der Waals surface area contributed by atoms with Crippen molar-refractivity contribution in [1.82, 2.24) is 5.32 Å². The Kier molecular flexibility index (Phi) is 6.02. The predicted octanol–water partition coefficient (Wildman–Crippen LogP) is -0.342. The second-order valence-corrected chi connectivity index (χ2v) is 5.38. The molecule has 0 unspecified atom stereocenters. The lowest BCUT2D eigenvalue weighted by Crippen LogP contribution is -3.18. The summed E-state index contributed by atoms with van der Waals surface area (Å²) >= 11 is 0. The van der Waals surface area contributed by atoms with Crippen LogP contribution in [-0.2, 0) is 16.0 Å². The standard InChI is InChI=1S/C16H24N2O3/c1-13(18-9-11-21-12-10-18)16(19)17-8-7-14-3-5-15(20-2)6-4-14/h3-6,13H,7-12H2,1-2H3,(H,17,19)/p+1/t13-/m1/s1. The van der Waals surface area contributed by atoms with Crippen molar-refractivity contribution in [2.24, 2.45) is 0 Å². The van der Waals surface area contributed by atoms with Crippen molar-refractivity contribution in [3.63, 3.8) is 0 Å². The average molecular weight is 293 g/mol. The number of hydrogen-bond acceptors (Lipinski definition) is 3. The van der Waals surface area contributed by atoms with Crippen molar-refractivity contribution in [2.45, 2.75) is 19.4 Å². The molecule has 0 aliphatic carbocycles. The van der Waals surface area contributed by atoms with Gasteiger partial charge in [0.15, 0.2) is 6.04 Å². The molecular formula is C16H25N2O3+. The molecule has 21 heavy (non-hydrogen) atoms. The van der Waals surface area contributed by atoms with Gasteiger partial charge in [-0.1, -0.05) is 12.1 Å². The van der Waals surface area contributed by atoms with Crippen LogP contribution in [0, 0.1) is 0 Å². The Balaban J connectivity index is 1.72. The molecular weight excluding hydrogens is 268 g/mol. The highest BCUT2D eigenvalue weighted by atomic mass is 16.5. The molecule has 2 rings (SSSR count). The number of quaternary nitrogens is 1. The van der Waals surface area contributed by atoms with Crippen molar-refractivity contribution in [3.8, 4) is 5.75 Å². The maximum atomic E-state index is 12.1. The number of methoxy groups -OCH3 is 1. The minimum Gasteiger partial charge on any atom is -0.497 e. The highest BCUT2D eigenvalue weighted by Gasteiger charge is 2.26. The Morgan fingerprint density at radius 2 is 2.00 bits per heavy atom. The first-order valence-electron chi connectivity index (χ1n) is 7.53. The van der Waals surface area contributed by atoms with E-state index >= 15 is 0 Å². The fourth-order valence-corrected chi connectivity index (χ4v) is 2.53. The molecule has 1 amide bonds. The molecule has 1 aliphatic heterocycles. The third-order valence-corrected chi connectivity index (χ3v) is 4.01. The number of morpholine rings is 1. The van der Waals surface area contributed by atoms with E-state index < -0.39 is 0 Å². The summed E-state index contributed by atoms with van der Waals surface area (Å²) in [6, 6.07) is 7.93. The normalized spacial score (nSPS) is 17.2. The van der Waals surface area contributed by atoms with Gasteiger partial charge in [0.05, 0.1) is 20.3 Å². The lowest BCUT2D eigenvalue weighted by Gasteiger charge is -2.28. The van der Waals surface area contributed by atoms with E-state index in [4.69, 9.17) is 9.47 Å². The Bertz CT molecular complexity index is 441. The van der Waals surface area contributed by atoms with Crippen LogP contribution in [0.25, 0.3) is 0 Å². The average Bonchev–Trinajstić information content (AvgIpc) is 2.55. The minimum absolute atomic E-state index is 0.00947. The Morgan fingerprint density at radius 1 is 1.33 bits per heavy atom. The molecule has 0 aromatic heterocycles. The first-order valence-corrected chi connectivity index (χ1v) is 7.53. The second kappa shape index (κ2) is 8.00. The summed E-state index contributed by atoms with van der Waals surface area (Å²) in [6.07, 6.45) is 0.834. The van der Waals surface area contributed by atoms with Gasteiger partial charge in [-0.25, -0.2) is 0 Å². The summed E-state index contributed by atoms with van der Waals surface area (Å²) in [6.45, 7) is 5.97. The van der Waals surface area contributed by atoms with Gasteiger partial charge in [0.25, 0.3) is 5.91 Å². The molecule has 0 bridgehead atoms. The number of carbonyl (C=O) groups excluding carboxylic acids is 1. The SMILES string of the molecule is COc1ccc(CCNC(=O)[C@@H](C)[NH+]2CCOCC2)cc1. The number of benzene rings is 1. The third kappa shape index (κ3) is 4.72. The van der Waals surface area contributed by atoms with Crippen LogP contribution in [0.3, 0.4) is 0 Å². The molecule has 1 saturated heterocycles. The minimum atomic E-state index is -0.00947. The van der Waals surface area contributed by atoms with Gasteiger partial charge < -0.3 is 19.7 Å². The van der Waals surface area contributed by atoms with E-state index in [0.717, 1.165) is 38.5 Å². The number of rotatable bonds is 6. The van der Waals surface area contributed by atoms with Crippen molar-refractivity contribution in [3.05, 3.63) is 29.8 Å². The van der Waals surface area contributed by atoms with Crippen LogP contribution in [0.15, 0.2) is 24.3 Å². The lowest BCUT2D eigenvalue weighted by atomic mass is 10.1. The maximum Gasteiger partial charge on any atom is 0.278 e. The van der Waals surface area contributed by atoms with Gasteiger partial charge in [-0.15, -0.1) is 0 Å². The molecule has 116 valence electrons. The van der Waals surface area contributed by atoms with Crippen molar-refractivity contribution < 1.29 is 19.2 Å². The van der Waals surface area contributed by atoms with E-state index in [2.05, 4.69) is 5.32 Å². The first kappa shape index (κ1) is 15.8. The zero-order valence-electron chi connectivity index (χ0n) is 12.9. The van der Waals surface area contributed by atoms with Gasteiger partial charge in [-0.05, 0) is 31.0 Å². The number of hydrogen-bond donors (Lipinski definition) is 2. The molecule has 1 aromatic rings.